The van der Waals surface area contributed by atoms with Gasteiger partial charge in [-0.15, -0.1) is 0 Å². The van der Waals surface area contributed by atoms with E-state index in [0.717, 1.165) is 16.7 Å². The molecule has 1 N–H and O–H groups in total. The molecule has 5 rings (SSSR count). The molecule has 1 saturated heterocycles. The van der Waals surface area contributed by atoms with Crippen LogP contribution in [0.15, 0.2) is 101 Å². The Hall–Kier alpha value is -4.60. The summed E-state index contributed by atoms with van der Waals surface area (Å²) in [7, 11) is 1.56. The third-order valence-corrected chi connectivity index (χ3v) is 11.4. The summed E-state index contributed by atoms with van der Waals surface area (Å²) in [6.45, 7) is 12.2. The van der Waals surface area contributed by atoms with E-state index in [1.165, 1.54) is 16.8 Å². The maximum Gasteiger partial charge on any atom is 0.330 e. The first-order chi connectivity index (χ1) is 26.1. The second kappa shape index (κ2) is 18.6. The van der Waals surface area contributed by atoms with Gasteiger partial charge in [-0.1, -0.05) is 67.3 Å². The lowest BCUT2D eigenvalue weighted by Crippen LogP contribution is -2.39. The molecule has 1 aromatic heterocycles. The van der Waals surface area contributed by atoms with Crippen molar-refractivity contribution >= 4 is 14.6 Å². The Balaban J connectivity index is 1.61. The van der Waals surface area contributed by atoms with Crippen LogP contribution in [0.25, 0.3) is 6.08 Å². The Morgan fingerprint density at radius 1 is 0.963 bits per heavy atom. The number of hydrogen-bond donors (Lipinski definition) is 1. The molecule has 1 fully saturated rings. The lowest BCUT2D eigenvalue weighted by Gasteiger charge is -2.39. The first-order valence-electron chi connectivity index (χ1n) is 17.9. The van der Waals surface area contributed by atoms with E-state index in [1.54, 1.807) is 14.2 Å². The number of rotatable bonds is 18. The van der Waals surface area contributed by atoms with Crippen LogP contribution in [0.2, 0.25) is 0 Å². The van der Waals surface area contributed by atoms with Crippen molar-refractivity contribution in [3.05, 3.63) is 135 Å². The molecule has 3 aromatic carbocycles. The SMILES string of the molecule is C=Cc1cn([C@H]2C[C@H](OP(OCCC#N)N(C(C)C)C(C)C)[C@@H](COC(c3ccccc3)(c3ccc(OC)cc3)c3ccc(OC)cc3)O2)c(=O)[nH]c1=O. The van der Waals surface area contributed by atoms with E-state index in [-0.39, 0.29) is 43.7 Å². The van der Waals surface area contributed by atoms with Gasteiger partial charge in [0, 0.05) is 24.7 Å². The lowest BCUT2D eigenvalue weighted by molar-refractivity contribution is -0.0925. The molecule has 286 valence electrons. The third-order valence-electron chi connectivity index (χ3n) is 9.23. The zero-order chi connectivity index (χ0) is 38.8. The van der Waals surface area contributed by atoms with E-state index < -0.39 is 43.8 Å². The molecule has 4 atom stereocenters. The number of aromatic nitrogens is 2. The predicted molar refractivity (Wildman–Crippen MR) is 208 cm³/mol. The van der Waals surface area contributed by atoms with Crippen LogP contribution in [0.3, 0.4) is 0 Å². The van der Waals surface area contributed by atoms with E-state index in [4.69, 9.17) is 28.0 Å². The molecule has 0 spiro atoms. The van der Waals surface area contributed by atoms with Crippen molar-refractivity contribution in [3.63, 3.8) is 0 Å². The predicted octanol–water partition coefficient (Wildman–Crippen LogP) is 7.15. The molecular formula is C41H49N4O8P. The molecule has 0 amide bonds. The molecule has 0 bridgehead atoms. The smallest absolute Gasteiger partial charge is 0.330 e. The van der Waals surface area contributed by atoms with E-state index >= 15 is 0 Å². The van der Waals surface area contributed by atoms with Gasteiger partial charge in [0.25, 0.3) is 14.1 Å². The van der Waals surface area contributed by atoms with Gasteiger partial charge in [0.2, 0.25) is 0 Å². The van der Waals surface area contributed by atoms with Crippen molar-refractivity contribution in [3.8, 4) is 17.6 Å². The van der Waals surface area contributed by atoms with Crippen LogP contribution < -0.4 is 20.7 Å². The minimum atomic E-state index is -1.69. The van der Waals surface area contributed by atoms with Crippen molar-refractivity contribution in [2.45, 2.75) is 76.7 Å². The number of hydrogen-bond acceptors (Lipinski definition) is 10. The molecule has 1 aliphatic rings. The average Bonchev–Trinajstić information content (AvgIpc) is 3.57. The summed E-state index contributed by atoms with van der Waals surface area (Å²) in [5.41, 5.74) is 0.469. The lowest BCUT2D eigenvalue weighted by atomic mass is 9.80. The summed E-state index contributed by atoms with van der Waals surface area (Å²) < 4.78 is 41.6. The zero-order valence-electron chi connectivity index (χ0n) is 31.6. The number of benzene rings is 3. The summed E-state index contributed by atoms with van der Waals surface area (Å²) in [5, 5.41) is 9.31. The molecule has 13 heteroatoms. The van der Waals surface area contributed by atoms with Gasteiger partial charge in [-0.25, -0.2) is 9.46 Å². The molecular weight excluding hydrogens is 707 g/mol. The minimum Gasteiger partial charge on any atom is -0.497 e. The highest BCUT2D eigenvalue weighted by Crippen LogP contribution is 2.50. The molecule has 1 aliphatic heterocycles. The second-order valence-corrected chi connectivity index (χ2v) is 14.7. The molecule has 0 saturated carbocycles. The van der Waals surface area contributed by atoms with Gasteiger partial charge < -0.3 is 28.0 Å². The normalized spacial score (nSPS) is 17.8. The molecule has 2 heterocycles. The van der Waals surface area contributed by atoms with Gasteiger partial charge in [0.1, 0.15) is 29.4 Å². The van der Waals surface area contributed by atoms with Crippen LogP contribution in [0, 0.1) is 11.3 Å². The van der Waals surface area contributed by atoms with Crippen LogP contribution in [-0.4, -0.2) is 65.9 Å². The number of nitrogens with zero attached hydrogens (tertiary/aromatic N) is 3. The van der Waals surface area contributed by atoms with Crippen molar-refractivity contribution in [1.29, 1.82) is 5.26 Å². The van der Waals surface area contributed by atoms with Crippen LogP contribution in [0.4, 0.5) is 0 Å². The van der Waals surface area contributed by atoms with Crippen LogP contribution in [0.5, 0.6) is 11.5 Å². The highest BCUT2D eigenvalue weighted by molar-refractivity contribution is 7.44. The number of ether oxygens (including phenoxy) is 4. The van der Waals surface area contributed by atoms with Gasteiger partial charge in [-0.3, -0.25) is 14.3 Å². The summed E-state index contributed by atoms with van der Waals surface area (Å²) in [6.07, 6.45) is 1.11. The van der Waals surface area contributed by atoms with Gasteiger partial charge >= 0.3 is 5.69 Å². The summed E-state index contributed by atoms with van der Waals surface area (Å²) in [5.74, 6) is 1.39. The number of nitriles is 1. The Kier molecular flexibility index (Phi) is 14.0. The van der Waals surface area contributed by atoms with E-state index in [9.17, 15) is 14.9 Å². The Morgan fingerprint density at radius 2 is 1.54 bits per heavy atom. The third kappa shape index (κ3) is 9.01. The number of H-pyrrole nitrogens is 1. The fourth-order valence-corrected chi connectivity index (χ4v) is 8.44. The fraction of sp³-hybridized carbons (Fsp3) is 0.390. The maximum absolute atomic E-state index is 13.2. The topological polar surface area (TPSA) is 137 Å². The zero-order valence-corrected chi connectivity index (χ0v) is 32.5. The average molecular weight is 757 g/mol. The maximum atomic E-state index is 13.2. The molecule has 0 radical (unpaired) electrons. The first-order valence-corrected chi connectivity index (χ1v) is 19.1. The van der Waals surface area contributed by atoms with Crippen molar-refractivity contribution in [1.82, 2.24) is 14.2 Å². The summed E-state index contributed by atoms with van der Waals surface area (Å²) in [6, 6.07) is 27.7. The molecule has 54 heavy (non-hydrogen) atoms. The van der Waals surface area contributed by atoms with Crippen LogP contribution >= 0.6 is 8.53 Å². The molecule has 4 aromatic rings. The molecule has 12 nitrogen and oxygen atoms in total. The largest absolute Gasteiger partial charge is 0.497 e. The minimum absolute atomic E-state index is 0.0191. The fourth-order valence-electron chi connectivity index (χ4n) is 6.68. The van der Waals surface area contributed by atoms with Crippen LogP contribution in [0.1, 0.15) is 69.0 Å². The van der Waals surface area contributed by atoms with E-state index in [2.05, 4.69) is 50.0 Å². The van der Waals surface area contributed by atoms with Gasteiger partial charge in [0.15, 0.2) is 0 Å². The summed E-state index contributed by atoms with van der Waals surface area (Å²) >= 11 is 0. The van der Waals surface area contributed by atoms with E-state index in [0.29, 0.717) is 11.5 Å². The summed E-state index contributed by atoms with van der Waals surface area (Å²) in [4.78, 5) is 28.0. The van der Waals surface area contributed by atoms with Crippen LogP contribution in [-0.2, 0) is 24.1 Å². The van der Waals surface area contributed by atoms with Gasteiger partial charge in [-0.05, 0) is 68.7 Å². The Labute approximate surface area is 317 Å². The Bertz CT molecular complexity index is 1920. The number of nitrogens with one attached hydrogen (secondary N) is 1. The van der Waals surface area contributed by atoms with Crippen molar-refractivity contribution in [2.24, 2.45) is 0 Å². The highest BCUT2D eigenvalue weighted by atomic mass is 31.2. The monoisotopic (exact) mass is 756 g/mol. The van der Waals surface area contributed by atoms with Crippen molar-refractivity contribution < 1.29 is 28.0 Å². The van der Waals surface area contributed by atoms with Crippen molar-refractivity contribution in [2.75, 3.05) is 27.4 Å². The Morgan fingerprint density at radius 3 is 2.06 bits per heavy atom. The standard InChI is InChI=1S/C41H49N4O8P/c1-8-30-26-44(40(47)43-39(30)46)38-25-36(53-54(51-24-12-23-42)45(28(2)3)29(4)5)37(52-38)27-50-41(31-13-10-9-11-14-31,32-15-19-34(48-6)20-16-32)33-17-21-35(49-7)22-18-33/h8-11,13-22,26,28-29,36-38H,1,12,24-25,27H2,2-7H3,(H,43,46,47)/t36-,37+,38+,54?/m0/s1. The number of methoxy groups -OCH3 is 2. The van der Waals surface area contributed by atoms with E-state index in [1.807, 2.05) is 78.9 Å². The first kappa shape index (κ1) is 40.6. The van der Waals surface area contributed by atoms with Gasteiger partial charge in [-0.2, -0.15) is 5.26 Å². The number of aromatic amines is 1. The molecule has 1 unspecified atom stereocenters. The highest BCUT2D eigenvalue weighted by Gasteiger charge is 2.45. The van der Waals surface area contributed by atoms with Gasteiger partial charge in [0.05, 0.1) is 51.6 Å². The second-order valence-electron chi connectivity index (χ2n) is 13.3. The molecule has 0 aliphatic carbocycles. The quantitative estimate of drug-likeness (QED) is 0.0633.